The summed E-state index contributed by atoms with van der Waals surface area (Å²) in [6, 6.07) is 9.84. The molecule has 0 radical (unpaired) electrons. The van der Waals surface area contributed by atoms with Crippen LogP contribution in [0.4, 0.5) is 4.79 Å². The van der Waals surface area contributed by atoms with Crippen LogP contribution in [0, 0.1) is 11.3 Å². The standard InChI is InChI=1S/C20H24ClN3O2/c1-26-18-7-11-24(12-8-18)20(25)23-9-5-15(6-10-23)19(14-22)16-3-2-4-17(21)13-16/h2-4,13,18H,5-12H2,1H3. The van der Waals surface area contributed by atoms with Crippen LogP contribution in [0.1, 0.15) is 31.2 Å². The molecular formula is C20H24ClN3O2. The number of methoxy groups -OCH3 is 1. The lowest BCUT2D eigenvalue weighted by atomic mass is 9.94. The highest BCUT2D eigenvalue weighted by Gasteiger charge is 2.28. The topological polar surface area (TPSA) is 56.6 Å². The van der Waals surface area contributed by atoms with E-state index in [1.165, 1.54) is 0 Å². The molecule has 0 saturated carbocycles. The fourth-order valence-electron chi connectivity index (χ4n) is 3.69. The molecule has 5 nitrogen and oxygen atoms in total. The predicted octanol–water partition coefficient (Wildman–Crippen LogP) is 3.94. The molecule has 3 rings (SSSR count). The fourth-order valence-corrected chi connectivity index (χ4v) is 3.88. The van der Waals surface area contributed by atoms with Gasteiger partial charge >= 0.3 is 6.03 Å². The van der Waals surface area contributed by atoms with Crippen molar-refractivity contribution in [2.24, 2.45) is 0 Å². The summed E-state index contributed by atoms with van der Waals surface area (Å²) in [7, 11) is 1.73. The molecule has 2 aliphatic heterocycles. The summed E-state index contributed by atoms with van der Waals surface area (Å²) in [5.41, 5.74) is 2.66. The second-order valence-electron chi connectivity index (χ2n) is 6.79. The second-order valence-corrected chi connectivity index (χ2v) is 7.23. The average Bonchev–Trinajstić information content (AvgIpc) is 2.69. The number of rotatable bonds is 2. The van der Waals surface area contributed by atoms with Gasteiger partial charge in [-0.25, -0.2) is 4.79 Å². The summed E-state index contributed by atoms with van der Waals surface area (Å²) in [6.07, 6.45) is 3.53. The molecule has 0 aliphatic carbocycles. The number of benzene rings is 1. The first-order chi connectivity index (χ1) is 12.6. The van der Waals surface area contributed by atoms with E-state index in [-0.39, 0.29) is 12.1 Å². The van der Waals surface area contributed by atoms with Crippen LogP contribution in [0.2, 0.25) is 5.02 Å². The molecule has 6 heteroatoms. The zero-order valence-corrected chi connectivity index (χ0v) is 15.8. The molecule has 138 valence electrons. The van der Waals surface area contributed by atoms with Gasteiger partial charge in [0, 0.05) is 38.3 Å². The van der Waals surface area contributed by atoms with E-state index in [1.54, 1.807) is 13.2 Å². The van der Waals surface area contributed by atoms with Crippen molar-refractivity contribution < 1.29 is 9.53 Å². The lowest BCUT2D eigenvalue weighted by Crippen LogP contribution is -2.49. The third kappa shape index (κ3) is 4.20. The fraction of sp³-hybridized carbons (Fsp3) is 0.500. The van der Waals surface area contributed by atoms with Gasteiger partial charge in [0.25, 0.3) is 0 Å². The highest BCUT2D eigenvalue weighted by molar-refractivity contribution is 6.30. The van der Waals surface area contributed by atoms with E-state index < -0.39 is 0 Å². The average molecular weight is 374 g/mol. The molecule has 0 aromatic heterocycles. The van der Waals surface area contributed by atoms with Crippen molar-refractivity contribution in [1.82, 2.24) is 9.80 Å². The first-order valence-corrected chi connectivity index (χ1v) is 9.45. The number of allylic oxidation sites excluding steroid dienone is 1. The van der Waals surface area contributed by atoms with Crippen LogP contribution in [-0.4, -0.2) is 55.2 Å². The monoisotopic (exact) mass is 373 g/mol. The van der Waals surface area contributed by atoms with Crippen LogP contribution in [0.3, 0.4) is 0 Å². The van der Waals surface area contributed by atoms with Crippen LogP contribution in [0.15, 0.2) is 29.8 Å². The Balaban J connectivity index is 1.63. The van der Waals surface area contributed by atoms with Gasteiger partial charge in [0.05, 0.1) is 17.7 Å². The molecule has 1 aromatic carbocycles. The van der Waals surface area contributed by atoms with E-state index in [1.807, 2.05) is 28.0 Å². The second kappa shape index (κ2) is 8.57. The molecular weight excluding hydrogens is 350 g/mol. The quantitative estimate of drug-likeness (QED) is 0.737. The molecule has 26 heavy (non-hydrogen) atoms. The number of piperidine rings is 2. The molecule has 0 bridgehead atoms. The number of amides is 2. The number of likely N-dealkylation sites (tertiary alicyclic amines) is 2. The van der Waals surface area contributed by atoms with Gasteiger partial charge in [-0.3, -0.25) is 0 Å². The van der Waals surface area contributed by atoms with E-state index in [2.05, 4.69) is 6.07 Å². The molecule has 2 aliphatic rings. The molecule has 0 atom stereocenters. The minimum atomic E-state index is 0.111. The number of carbonyl (C=O) groups is 1. The Morgan fingerprint density at radius 3 is 2.42 bits per heavy atom. The summed E-state index contributed by atoms with van der Waals surface area (Å²) in [5, 5.41) is 10.2. The summed E-state index contributed by atoms with van der Waals surface area (Å²) in [5.74, 6) is 0. The minimum absolute atomic E-state index is 0.111. The highest BCUT2D eigenvalue weighted by atomic mass is 35.5. The van der Waals surface area contributed by atoms with E-state index in [4.69, 9.17) is 16.3 Å². The molecule has 2 saturated heterocycles. The summed E-state index contributed by atoms with van der Waals surface area (Å²) in [4.78, 5) is 16.6. The largest absolute Gasteiger partial charge is 0.381 e. The zero-order valence-electron chi connectivity index (χ0n) is 15.1. The van der Waals surface area contributed by atoms with Crippen molar-refractivity contribution in [1.29, 1.82) is 5.26 Å². The van der Waals surface area contributed by atoms with Crippen molar-refractivity contribution in [3.05, 3.63) is 40.4 Å². The number of urea groups is 1. The number of nitrogens with zero attached hydrogens (tertiary/aromatic N) is 3. The molecule has 1 aromatic rings. The van der Waals surface area contributed by atoms with Gasteiger partial charge < -0.3 is 14.5 Å². The summed E-state index contributed by atoms with van der Waals surface area (Å²) >= 11 is 6.06. The first-order valence-electron chi connectivity index (χ1n) is 9.07. The number of nitriles is 1. The van der Waals surface area contributed by atoms with Crippen molar-refractivity contribution >= 4 is 23.2 Å². The smallest absolute Gasteiger partial charge is 0.320 e. The summed E-state index contributed by atoms with van der Waals surface area (Å²) < 4.78 is 5.37. The zero-order chi connectivity index (χ0) is 18.5. The lowest BCUT2D eigenvalue weighted by molar-refractivity contribution is 0.0441. The Morgan fingerprint density at radius 1 is 1.19 bits per heavy atom. The van der Waals surface area contributed by atoms with Crippen LogP contribution in [0.5, 0.6) is 0 Å². The van der Waals surface area contributed by atoms with Crippen LogP contribution in [-0.2, 0) is 4.74 Å². The van der Waals surface area contributed by atoms with Crippen LogP contribution < -0.4 is 0 Å². The summed E-state index contributed by atoms with van der Waals surface area (Å²) in [6.45, 7) is 2.82. The third-order valence-electron chi connectivity index (χ3n) is 5.26. The van der Waals surface area contributed by atoms with Gasteiger partial charge in [-0.1, -0.05) is 23.7 Å². The maximum atomic E-state index is 12.7. The number of halogens is 1. The van der Waals surface area contributed by atoms with Crippen LogP contribution >= 0.6 is 11.6 Å². The van der Waals surface area contributed by atoms with Gasteiger partial charge in [-0.05, 0) is 49.0 Å². The van der Waals surface area contributed by atoms with Crippen molar-refractivity contribution in [2.75, 3.05) is 33.3 Å². The minimum Gasteiger partial charge on any atom is -0.381 e. The third-order valence-corrected chi connectivity index (χ3v) is 5.50. The molecule has 0 spiro atoms. The van der Waals surface area contributed by atoms with Gasteiger partial charge in [0.15, 0.2) is 0 Å². The van der Waals surface area contributed by atoms with Crippen molar-refractivity contribution in [3.8, 4) is 6.07 Å². The van der Waals surface area contributed by atoms with Gasteiger partial charge in [0.2, 0.25) is 0 Å². The van der Waals surface area contributed by atoms with E-state index >= 15 is 0 Å². The Hall–Kier alpha value is -2.03. The number of hydrogen-bond acceptors (Lipinski definition) is 3. The molecule has 2 heterocycles. The lowest BCUT2D eigenvalue weighted by Gasteiger charge is -2.37. The van der Waals surface area contributed by atoms with Crippen molar-refractivity contribution in [3.63, 3.8) is 0 Å². The predicted molar refractivity (Wildman–Crippen MR) is 102 cm³/mol. The maximum absolute atomic E-state index is 12.7. The van der Waals surface area contributed by atoms with E-state index in [0.29, 0.717) is 23.7 Å². The molecule has 2 fully saturated rings. The van der Waals surface area contributed by atoms with Crippen LogP contribution in [0.25, 0.3) is 5.57 Å². The van der Waals surface area contributed by atoms with E-state index in [9.17, 15) is 10.1 Å². The number of carbonyl (C=O) groups excluding carboxylic acids is 1. The first kappa shape index (κ1) is 18.8. The number of hydrogen-bond donors (Lipinski definition) is 0. The van der Waals surface area contributed by atoms with Gasteiger partial charge in [0.1, 0.15) is 0 Å². The van der Waals surface area contributed by atoms with E-state index in [0.717, 1.165) is 49.9 Å². The highest BCUT2D eigenvalue weighted by Crippen LogP contribution is 2.28. The maximum Gasteiger partial charge on any atom is 0.320 e. The van der Waals surface area contributed by atoms with Gasteiger partial charge in [-0.15, -0.1) is 0 Å². The van der Waals surface area contributed by atoms with Gasteiger partial charge in [-0.2, -0.15) is 5.26 Å². The Bertz CT molecular complexity index is 723. The normalized spacial score (nSPS) is 18.6. The molecule has 0 unspecified atom stereocenters. The Morgan fingerprint density at radius 2 is 1.85 bits per heavy atom. The van der Waals surface area contributed by atoms with Crippen molar-refractivity contribution in [2.45, 2.75) is 31.8 Å². The number of ether oxygens (including phenoxy) is 1. The Labute approximate surface area is 159 Å². The Kier molecular flexibility index (Phi) is 6.18. The molecule has 2 amide bonds. The SMILES string of the molecule is COC1CCN(C(=O)N2CCC(=C(C#N)c3cccc(Cl)c3)CC2)CC1. The molecule has 0 N–H and O–H groups in total.